The maximum Gasteiger partial charge on any atom is 0.161 e. The Morgan fingerprint density at radius 1 is 0.909 bits per heavy atom. The molecule has 0 heterocycles. The van der Waals surface area contributed by atoms with Gasteiger partial charge in [0.15, 0.2) is 6.29 Å². The average Bonchev–Trinajstić information content (AvgIpc) is 2.49. The van der Waals surface area contributed by atoms with Crippen LogP contribution < -0.4 is 0 Å². The van der Waals surface area contributed by atoms with Crippen LogP contribution in [0.1, 0.15) is 33.6 Å². The lowest BCUT2D eigenvalue weighted by Crippen LogP contribution is -2.44. The molecule has 0 aliphatic rings. The molecule has 0 aromatic heterocycles. The largest absolute Gasteiger partial charge is 0.396 e. The van der Waals surface area contributed by atoms with Gasteiger partial charge in [-0.05, 0) is 27.2 Å². The Kier molecular flexibility index (Phi) is 12.0. The molecule has 0 aliphatic carbocycles. The second kappa shape index (κ2) is 12.2. The molecule has 0 aliphatic heterocycles. The standard InChI is InChI=1S/C15H32O7/c1-10(19-4)8-14(21-11(2)9-17)22-15(12(3)18)13(20-5)6-7-16/h10-18H,6-9H2,1-5H3. The highest BCUT2D eigenvalue weighted by Gasteiger charge is 2.31. The molecule has 3 N–H and O–H groups in total. The van der Waals surface area contributed by atoms with Gasteiger partial charge in [0.1, 0.15) is 6.10 Å². The van der Waals surface area contributed by atoms with E-state index in [0.717, 1.165) is 0 Å². The Morgan fingerprint density at radius 2 is 1.55 bits per heavy atom. The van der Waals surface area contributed by atoms with Crippen LogP contribution >= 0.6 is 0 Å². The monoisotopic (exact) mass is 324 g/mol. The fourth-order valence-corrected chi connectivity index (χ4v) is 2.04. The Balaban J connectivity index is 4.92. The van der Waals surface area contributed by atoms with Crippen LogP contribution in [0, 0.1) is 0 Å². The van der Waals surface area contributed by atoms with Crippen molar-refractivity contribution < 1.29 is 34.3 Å². The molecule has 6 unspecified atom stereocenters. The lowest BCUT2D eigenvalue weighted by Gasteiger charge is -2.33. The zero-order valence-corrected chi connectivity index (χ0v) is 14.3. The van der Waals surface area contributed by atoms with Gasteiger partial charge in [0.2, 0.25) is 0 Å². The van der Waals surface area contributed by atoms with Gasteiger partial charge in [0.05, 0.1) is 31.0 Å². The Labute approximate surface area is 133 Å². The molecule has 0 bridgehead atoms. The third kappa shape index (κ3) is 8.38. The second-order valence-corrected chi connectivity index (χ2v) is 5.47. The predicted octanol–water partition coefficient (Wildman–Crippen LogP) is 0.298. The van der Waals surface area contributed by atoms with Crippen LogP contribution in [-0.2, 0) is 18.9 Å². The molecule has 0 fully saturated rings. The topological polar surface area (TPSA) is 97.6 Å². The Hall–Kier alpha value is -0.280. The average molecular weight is 324 g/mol. The van der Waals surface area contributed by atoms with Crippen LogP contribution in [0.5, 0.6) is 0 Å². The van der Waals surface area contributed by atoms with Crippen LogP contribution in [-0.4, -0.2) is 79.6 Å². The van der Waals surface area contributed by atoms with Crippen LogP contribution in [0.4, 0.5) is 0 Å². The maximum atomic E-state index is 9.95. The van der Waals surface area contributed by atoms with Crippen molar-refractivity contribution in [1.29, 1.82) is 0 Å². The van der Waals surface area contributed by atoms with Crippen molar-refractivity contribution in [2.45, 2.75) is 70.4 Å². The lowest BCUT2D eigenvalue weighted by molar-refractivity contribution is -0.242. The Bertz CT molecular complexity index is 250. The molecule has 0 spiro atoms. The highest BCUT2D eigenvalue weighted by atomic mass is 16.7. The van der Waals surface area contributed by atoms with Gasteiger partial charge in [0.25, 0.3) is 0 Å². The number of hydrogen-bond donors (Lipinski definition) is 3. The fraction of sp³-hybridized carbons (Fsp3) is 1.00. The summed E-state index contributed by atoms with van der Waals surface area (Å²) in [6, 6.07) is 0. The van der Waals surface area contributed by atoms with Gasteiger partial charge in [0, 0.05) is 27.2 Å². The summed E-state index contributed by atoms with van der Waals surface area (Å²) in [5.74, 6) is 0. The van der Waals surface area contributed by atoms with Gasteiger partial charge in [-0.1, -0.05) is 0 Å². The minimum Gasteiger partial charge on any atom is -0.396 e. The highest BCUT2D eigenvalue weighted by Crippen LogP contribution is 2.19. The molecule has 6 atom stereocenters. The van der Waals surface area contributed by atoms with Crippen molar-refractivity contribution in [2.24, 2.45) is 0 Å². The molecule has 0 radical (unpaired) electrons. The molecule has 0 aromatic rings. The van der Waals surface area contributed by atoms with E-state index < -0.39 is 30.7 Å². The van der Waals surface area contributed by atoms with E-state index >= 15 is 0 Å². The van der Waals surface area contributed by atoms with E-state index in [1.54, 1.807) is 21.0 Å². The summed E-state index contributed by atoms with van der Waals surface area (Å²) in [4.78, 5) is 0. The van der Waals surface area contributed by atoms with Gasteiger partial charge in [-0.3, -0.25) is 0 Å². The van der Waals surface area contributed by atoms with Crippen LogP contribution in [0.15, 0.2) is 0 Å². The van der Waals surface area contributed by atoms with Crippen LogP contribution in [0.25, 0.3) is 0 Å². The number of ether oxygens (including phenoxy) is 4. The summed E-state index contributed by atoms with van der Waals surface area (Å²) >= 11 is 0. The summed E-state index contributed by atoms with van der Waals surface area (Å²) in [5, 5.41) is 28.2. The number of aliphatic hydroxyl groups excluding tert-OH is 3. The molecule has 7 heteroatoms. The van der Waals surface area contributed by atoms with E-state index in [4.69, 9.17) is 29.2 Å². The highest BCUT2D eigenvalue weighted by molar-refractivity contribution is 4.77. The molecular formula is C15H32O7. The first kappa shape index (κ1) is 21.7. The van der Waals surface area contributed by atoms with Crippen molar-refractivity contribution >= 4 is 0 Å². The molecule has 7 nitrogen and oxygen atoms in total. The summed E-state index contributed by atoms with van der Waals surface area (Å²) in [6.07, 6.45) is -2.30. The molecule has 0 amide bonds. The number of aliphatic hydroxyl groups is 3. The third-order valence-electron chi connectivity index (χ3n) is 3.44. The van der Waals surface area contributed by atoms with E-state index in [1.807, 2.05) is 6.92 Å². The van der Waals surface area contributed by atoms with Crippen LogP contribution in [0.2, 0.25) is 0 Å². The van der Waals surface area contributed by atoms with Gasteiger partial charge in [-0.15, -0.1) is 0 Å². The van der Waals surface area contributed by atoms with Crippen molar-refractivity contribution in [3.8, 4) is 0 Å². The predicted molar refractivity (Wildman–Crippen MR) is 81.6 cm³/mol. The van der Waals surface area contributed by atoms with E-state index in [0.29, 0.717) is 12.8 Å². The first-order chi connectivity index (χ1) is 10.4. The maximum absolute atomic E-state index is 9.95. The molecule has 0 saturated heterocycles. The first-order valence-electron chi connectivity index (χ1n) is 7.65. The van der Waals surface area contributed by atoms with Gasteiger partial charge < -0.3 is 34.3 Å². The van der Waals surface area contributed by atoms with E-state index in [9.17, 15) is 5.11 Å². The normalized spacial score (nSPS) is 20.2. The summed E-state index contributed by atoms with van der Waals surface area (Å²) in [5.41, 5.74) is 0. The number of methoxy groups -OCH3 is 2. The molecule has 0 aromatic carbocycles. The van der Waals surface area contributed by atoms with E-state index in [1.165, 1.54) is 7.11 Å². The van der Waals surface area contributed by atoms with Crippen molar-refractivity contribution in [3.63, 3.8) is 0 Å². The zero-order valence-electron chi connectivity index (χ0n) is 14.3. The van der Waals surface area contributed by atoms with E-state index in [-0.39, 0.29) is 19.3 Å². The van der Waals surface area contributed by atoms with Gasteiger partial charge in [-0.25, -0.2) is 0 Å². The molecule has 0 rings (SSSR count). The smallest absolute Gasteiger partial charge is 0.161 e. The minimum absolute atomic E-state index is 0.0713. The Morgan fingerprint density at radius 3 is 1.95 bits per heavy atom. The zero-order chi connectivity index (χ0) is 17.1. The van der Waals surface area contributed by atoms with Crippen LogP contribution in [0.3, 0.4) is 0 Å². The quantitative estimate of drug-likeness (QED) is 0.419. The van der Waals surface area contributed by atoms with Gasteiger partial charge >= 0.3 is 0 Å². The second-order valence-electron chi connectivity index (χ2n) is 5.47. The number of hydrogen-bond acceptors (Lipinski definition) is 7. The summed E-state index contributed by atoms with van der Waals surface area (Å²) in [7, 11) is 3.09. The number of rotatable bonds is 13. The first-order valence-corrected chi connectivity index (χ1v) is 7.65. The van der Waals surface area contributed by atoms with Gasteiger partial charge in [-0.2, -0.15) is 0 Å². The van der Waals surface area contributed by atoms with E-state index in [2.05, 4.69) is 0 Å². The van der Waals surface area contributed by atoms with Crippen molar-refractivity contribution in [3.05, 3.63) is 0 Å². The molecule has 0 saturated carbocycles. The third-order valence-corrected chi connectivity index (χ3v) is 3.44. The summed E-state index contributed by atoms with van der Waals surface area (Å²) < 4.78 is 22.0. The molecule has 134 valence electrons. The summed E-state index contributed by atoms with van der Waals surface area (Å²) in [6.45, 7) is 5.00. The van der Waals surface area contributed by atoms with Crippen molar-refractivity contribution in [2.75, 3.05) is 27.4 Å². The fourth-order valence-electron chi connectivity index (χ4n) is 2.04. The minimum atomic E-state index is -0.801. The van der Waals surface area contributed by atoms with Crippen molar-refractivity contribution in [1.82, 2.24) is 0 Å². The molecule has 22 heavy (non-hydrogen) atoms. The SMILES string of the molecule is COC(C)CC(OC(C)CO)OC(C(C)O)C(CCO)OC. The molecular weight excluding hydrogens is 292 g/mol. The lowest BCUT2D eigenvalue weighted by atomic mass is 10.1.